The number of carbonyl (C=O) groups excluding carboxylic acids is 1. The lowest BCUT2D eigenvalue weighted by atomic mass is 9.98. The van der Waals surface area contributed by atoms with E-state index in [1.165, 1.54) is 4.88 Å². The van der Waals surface area contributed by atoms with Crippen molar-refractivity contribution in [2.24, 2.45) is 0 Å². The minimum Gasteiger partial charge on any atom is -0.481 e. The first-order valence-electron chi connectivity index (χ1n) is 7.82. The highest BCUT2D eigenvalue weighted by Crippen LogP contribution is 2.30. The Bertz CT molecular complexity index is 530. The van der Waals surface area contributed by atoms with E-state index in [-0.39, 0.29) is 18.7 Å². The summed E-state index contributed by atoms with van der Waals surface area (Å²) < 4.78 is 0. The van der Waals surface area contributed by atoms with E-state index in [0.717, 1.165) is 37.9 Å². The molecule has 6 nitrogen and oxygen atoms in total. The highest BCUT2D eigenvalue weighted by molar-refractivity contribution is 7.15. The minimum atomic E-state index is -0.872. The standard InChI is InChI=1S/C15H23N3O3S/c1-2-8-16-10-6-7-11-12(9-10)22-15(17-11)18-13(19)4-3-5-14(20)21/h10,16H,2-9H2,1H3,(H,20,21)(H,17,18,19)/t10-/m0/s1. The van der Waals surface area contributed by atoms with Crippen molar-refractivity contribution in [3.8, 4) is 0 Å². The molecule has 1 aromatic heterocycles. The van der Waals surface area contributed by atoms with E-state index < -0.39 is 5.97 Å². The zero-order chi connectivity index (χ0) is 15.9. The van der Waals surface area contributed by atoms with Gasteiger partial charge < -0.3 is 15.7 Å². The molecule has 7 heteroatoms. The van der Waals surface area contributed by atoms with Gasteiger partial charge in [0.1, 0.15) is 0 Å². The zero-order valence-electron chi connectivity index (χ0n) is 12.9. The highest BCUT2D eigenvalue weighted by atomic mass is 32.1. The maximum Gasteiger partial charge on any atom is 0.303 e. The zero-order valence-corrected chi connectivity index (χ0v) is 13.7. The average Bonchev–Trinajstić information content (AvgIpc) is 2.85. The van der Waals surface area contributed by atoms with Crippen molar-refractivity contribution >= 4 is 28.3 Å². The molecule has 1 atom stereocenters. The minimum absolute atomic E-state index is 0.0204. The van der Waals surface area contributed by atoms with Crippen LogP contribution in [0.4, 0.5) is 5.13 Å². The molecule has 0 radical (unpaired) electrons. The van der Waals surface area contributed by atoms with Gasteiger partial charge in [0.2, 0.25) is 5.91 Å². The molecule has 0 unspecified atom stereocenters. The molecule has 0 saturated carbocycles. The first-order valence-corrected chi connectivity index (χ1v) is 8.63. The molecule has 122 valence electrons. The summed E-state index contributed by atoms with van der Waals surface area (Å²) in [5.41, 5.74) is 1.10. The number of fused-ring (bicyclic) bond motifs is 1. The number of anilines is 1. The van der Waals surface area contributed by atoms with Gasteiger partial charge in [-0.25, -0.2) is 4.98 Å². The highest BCUT2D eigenvalue weighted by Gasteiger charge is 2.22. The van der Waals surface area contributed by atoms with Gasteiger partial charge in [0.25, 0.3) is 0 Å². The summed E-state index contributed by atoms with van der Waals surface area (Å²) in [6, 6.07) is 0.506. The van der Waals surface area contributed by atoms with E-state index >= 15 is 0 Å². The maximum absolute atomic E-state index is 11.8. The van der Waals surface area contributed by atoms with Crippen molar-refractivity contribution in [2.75, 3.05) is 11.9 Å². The number of amides is 1. The van der Waals surface area contributed by atoms with Crippen LogP contribution in [0.3, 0.4) is 0 Å². The fraction of sp³-hybridized carbons (Fsp3) is 0.667. The summed E-state index contributed by atoms with van der Waals surface area (Å²) in [7, 11) is 0. The second kappa shape index (κ2) is 8.24. The Kier molecular flexibility index (Phi) is 6.33. The monoisotopic (exact) mass is 325 g/mol. The summed E-state index contributed by atoms with van der Waals surface area (Å²) in [5, 5.41) is 15.5. The van der Waals surface area contributed by atoms with Gasteiger partial charge in [0.15, 0.2) is 5.13 Å². The number of rotatable bonds is 8. The van der Waals surface area contributed by atoms with Crippen molar-refractivity contribution in [2.45, 2.75) is 57.9 Å². The number of hydrogen-bond acceptors (Lipinski definition) is 5. The molecular weight excluding hydrogens is 302 g/mol. The molecule has 22 heavy (non-hydrogen) atoms. The molecule has 1 aliphatic rings. The van der Waals surface area contributed by atoms with Crippen LogP contribution in [0.2, 0.25) is 0 Å². The predicted octanol–water partition coefficient (Wildman–Crippen LogP) is 2.19. The van der Waals surface area contributed by atoms with Gasteiger partial charge in [-0.1, -0.05) is 6.92 Å². The number of nitrogens with one attached hydrogen (secondary N) is 2. The van der Waals surface area contributed by atoms with Crippen molar-refractivity contribution in [3.05, 3.63) is 10.6 Å². The number of aromatic nitrogens is 1. The van der Waals surface area contributed by atoms with Crippen molar-refractivity contribution in [1.82, 2.24) is 10.3 Å². The number of hydrogen-bond donors (Lipinski definition) is 3. The average molecular weight is 325 g/mol. The van der Waals surface area contributed by atoms with Crippen LogP contribution in [0.1, 0.15) is 49.6 Å². The lowest BCUT2D eigenvalue weighted by Crippen LogP contribution is -2.34. The number of nitrogens with zero attached hydrogens (tertiary/aromatic N) is 1. The van der Waals surface area contributed by atoms with Crippen LogP contribution in [-0.4, -0.2) is 34.6 Å². The molecule has 0 fully saturated rings. The topological polar surface area (TPSA) is 91.3 Å². The van der Waals surface area contributed by atoms with E-state index in [1.54, 1.807) is 11.3 Å². The number of carboxylic acids is 1. The number of carbonyl (C=O) groups is 2. The van der Waals surface area contributed by atoms with Gasteiger partial charge >= 0.3 is 5.97 Å². The fourth-order valence-corrected chi connectivity index (χ4v) is 3.64. The first-order chi connectivity index (χ1) is 10.6. The second-order valence-corrected chi connectivity index (χ2v) is 6.66. The third kappa shape index (κ3) is 5.06. The van der Waals surface area contributed by atoms with E-state index in [1.807, 2.05) is 0 Å². The Labute approximate surface area is 134 Å². The normalized spacial score (nSPS) is 17.0. The molecule has 1 aliphatic carbocycles. The molecule has 0 spiro atoms. The number of aryl methyl sites for hydroxylation is 1. The molecule has 2 rings (SSSR count). The van der Waals surface area contributed by atoms with Crippen molar-refractivity contribution in [3.63, 3.8) is 0 Å². The van der Waals surface area contributed by atoms with Crippen LogP contribution in [0, 0.1) is 0 Å². The van der Waals surface area contributed by atoms with Gasteiger partial charge in [0.05, 0.1) is 5.69 Å². The van der Waals surface area contributed by atoms with E-state index in [4.69, 9.17) is 5.11 Å². The SMILES string of the molecule is CCCN[C@H]1CCc2nc(NC(=O)CCCC(=O)O)sc2C1. The molecule has 0 bridgehead atoms. The van der Waals surface area contributed by atoms with Gasteiger partial charge in [-0.2, -0.15) is 0 Å². The fourth-order valence-electron chi connectivity index (χ4n) is 2.53. The molecule has 1 aromatic rings. The van der Waals surface area contributed by atoms with Gasteiger partial charge in [0, 0.05) is 23.8 Å². The molecule has 0 aromatic carbocycles. The number of carboxylic acid groups (broad SMARTS) is 1. The van der Waals surface area contributed by atoms with Gasteiger partial charge in [-0.15, -0.1) is 11.3 Å². The third-order valence-corrected chi connectivity index (χ3v) is 4.70. The van der Waals surface area contributed by atoms with Gasteiger partial charge in [-0.05, 0) is 38.6 Å². The van der Waals surface area contributed by atoms with Gasteiger partial charge in [-0.3, -0.25) is 9.59 Å². The second-order valence-electron chi connectivity index (χ2n) is 5.58. The Hall–Kier alpha value is -1.47. The molecule has 3 N–H and O–H groups in total. The summed E-state index contributed by atoms with van der Waals surface area (Å²) in [6.45, 7) is 3.19. The maximum atomic E-state index is 11.8. The summed E-state index contributed by atoms with van der Waals surface area (Å²) >= 11 is 1.54. The summed E-state index contributed by atoms with van der Waals surface area (Å²) in [6.07, 6.45) is 4.73. The van der Waals surface area contributed by atoms with Crippen LogP contribution in [0.5, 0.6) is 0 Å². The molecule has 1 amide bonds. The Morgan fingerprint density at radius 1 is 1.41 bits per heavy atom. The van der Waals surface area contributed by atoms with Crippen LogP contribution in [0.15, 0.2) is 0 Å². The van der Waals surface area contributed by atoms with Crippen LogP contribution < -0.4 is 10.6 Å². The number of aliphatic carboxylic acids is 1. The lowest BCUT2D eigenvalue weighted by Gasteiger charge is -2.21. The summed E-state index contributed by atoms with van der Waals surface area (Å²) in [4.78, 5) is 27.9. The number of thiazole rings is 1. The predicted molar refractivity (Wildman–Crippen MR) is 86.3 cm³/mol. The Balaban J connectivity index is 1.83. The van der Waals surface area contributed by atoms with E-state index in [2.05, 4.69) is 22.5 Å². The van der Waals surface area contributed by atoms with E-state index in [9.17, 15) is 9.59 Å². The van der Waals surface area contributed by atoms with Crippen LogP contribution in [0.25, 0.3) is 0 Å². The van der Waals surface area contributed by atoms with Crippen LogP contribution in [-0.2, 0) is 22.4 Å². The molecule has 0 saturated heterocycles. The van der Waals surface area contributed by atoms with Crippen molar-refractivity contribution < 1.29 is 14.7 Å². The third-order valence-electron chi connectivity index (χ3n) is 3.66. The quantitative estimate of drug-likeness (QED) is 0.681. The Morgan fingerprint density at radius 3 is 2.95 bits per heavy atom. The molecule has 0 aliphatic heterocycles. The van der Waals surface area contributed by atoms with E-state index in [0.29, 0.717) is 17.6 Å². The summed E-state index contributed by atoms with van der Waals surface area (Å²) in [5.74, 6) is -1.03. The van der Waals surface area contributed by atoms with Crippen LogP contribution >= 0.6 is 11.3 Å². The first kappa shape index (κ1) is 16.9. The lowest BCUT2D eigenvalue weighted by molar-refractivity contribution is -0.137. The van der Waals surface area contributed by atoms with Crippen molar-refractivity contribution in [1.29, 1.82) is 0 Å². The smallest absolute Gasteiger partial charge is 0.303 e. The Morgan fingerprint density at radius 2 is 2.23 bits per heavy atom. The molecular formula is C15H23N3O3S. The molecule has 1 heterocycles. The largest absolute Gasteiger partial charge is 0.481 e.